The average molecular weight is 659 g/mol. The number of carboxylic acids is 1. The lowest BCUT2D eigenvalue weighted by Crippen LogP contribution is -2.43. The first-order chi connectivity index (χ1) is 21.0. The maximum absolute atomic E-state index is 14.9. The number of nitrogens with zero attached hydrogens (tertiary/aromatic N) is 4. The number of carbonyl (C=O) groups excluding carboxylic acids is 1. The van der Waals surface area contributed by atoms with Crippen molar-refractivity contribution in [3.05, 3.63) is 82.4 Å². The number of carboxylic acid groups (broad SMARTS) is 1. The Balaban J connectivity index is 0.000000591. The Labute approximate surface area is 261 Å². The molecule has 244 valence electrons. The van der Waals surface area contributed by atoms with Gasteiger partial charge in [-0.05, 0) is 82.6 Å². The topological polar surface area (TPSA) is 78.7 Å². The Morgan fingerprint density at radius 2 is 1.64 bits per heavy atom. The number of hydrogen-bond donors (Lipinski definition) is 1. The third kappa shape index (κ3) is 7.63. The molecule has 7 nitrogen and oxygen atoms in total. The Morgan fingerprint density at radius 3 is 2.20 bits per heavy atom. The van der Waals surface area contributed by atoms with E-state index >= 15 is 0 Å². The molecule has 2 heterocycles. The van der Waals surface area contributed by atoms with Gasteiger partial charge in [0.1, 0.15) is 17.5 Å². The summed E-state index contributed by atoms with van der Waals surface area (Å²) >= 11 is 5.99. The van der Waals surface area contributed by atoms with Crippen LogP contribution in [0.15, 0.2) is 48.7 Å². The molecule has 1 aliphatic heterocycles. The van der Waals surface area contributed by atoms with Gasteiger partial charge in [0.15, 0.2) is 0 Å². The first-order valence-corrected chi connectivity index (χ1v) is 14.6. The number of alkyl halides is 3. The minimum atomic E-state index is -5.08. The first-order valence-electron chi connectivity index (χ1n) is 14.2. The summed E-state index contributed by atoms with van der Waals surface area (Å²) in [5.41, 5.74) is 1.82. The molecule has 1 saturated heterocycles. The molecule has 0 bridgehead atoms. The van der Waals surface area contributed by atoms with Gasteiger partial charge in [0.2, 0.25) is 5.91 Å². The molecule has 1 aliphatic carbocycles. The van der Waals surface area contributed by atoms with E-state index < -0.39 is 29.6 Å². The third-order valence-corrected chi connectivity index (χ3v) is 9.14. The van der Waals surface area contributed by atoms with Gasteiger partial charge in [-0.25, -0.2) is 22.6 Å². The molecule has 2 fully saturated rings. The smallest absolute Gasteiger partial charge is 0.475 e. The number of amides is 1. The minimum absolute atomic E-state index is 0.0292. The van der Waals surface area contributed by atoms with E-state index in [4.69, 9.17) is 21.5 Å². The van der Waals surface area contributed by atoms with Crippen molar-refractivity contribution >= 4 is 23.5 Å². The number of benzene rings is 2. The number of aromatic nitrogens is 2. The molecule has 5 rings (SSSR count). The summed E-state index contributed by atoms with van der Waals surface area (Å²) in [5.74, 6) is -4.95. The molecule has 1 amide bonds. The van der Waals surface area contributed by atoms with E-state index in [1.165, 1.54) is 18.2 Å². The molecular weight excluding hydrogens is 626 g/mol. The van der Waals surface area contributed by atoms with Crippen LogP contribution in [0.4, 0.5) is 26.3 Å². The van der Waals surface area contributed by atoms with Crippen molar-refractivity contribution in [1.82, 2.24) is 19.6 Å². The van der Waals surface area contributed by atoms with E-state index in [-0.39, 0.29) is 34.2 Å². The van der Waals surface area contributed by atoms with E-state index in [9.17, 15) is 31.1 Å². The second-order valence-corrected chi connectivity index (χ2v) is 12.3. The summed E-state index contributed by atoms with van der Waals surface area (Å²) in [7, 11) is 3.96. The van der Waals surface area contributed by atoms with E-state index in [0.717, 1.165) is 24.6 Å². The van der Waals surface area contributed by atoms with Crippen LogP contribution >= 0.6 is 11.6 Å². The minimum Gasteiger partial charge on any atom is -0.475 e. The van der Waals surface area contributed by atoms with Crippen LogP contribution in [0.3, 0.4) is 0 Å². The van der Waals surface area contributed by atoms with Crippen molar-refractivity contribution in [2.75, 3.05) is 27.2 Å². The van der Waals surface area contributed by atoms with Crippen molar-refractivity contribution < 1.29 is 41.0 Å². The van der Waals surface area contributed by atoms with Gasteiger partial charge in [-0.2, -0.15) is 18.3 Å². The zero-order chi connectivity index (χ0) is 33.3. The van der Waals surface area contributed by atoms with E-state index in [2.05, 4.69) is 16.9 Å². The highest BCUT2D eigenvalue weighted by atomic mass is 35.5. The zero-order valence-corrected chi connectivity index (χ0v) is 25.5. The van der Waals surface area contributed by atoms with Gasteiger partial charge >= 0.3 is 12.1 Å². The summed E-state index contributed by atoms with van der Waals surface area (Å²) < 4.78 is 75.7. The lowest BCUT2D eigenvalue weighted by Gasteiger charge is -2.35. The number of aliphatic carboxylic acids is 1. The number of halogens is 7. The first kappa shape index (κ1) is 34.3. The molecule has 14 heteroatoms. The number of hydrogen-bond acceptors (Lipinski definition) is 4. The van der Waals surface area contributed by atoms with E-state index in [1.807, 2.05) is 25.1 Å². The number of rotatable bonds is 5. The maximum atomic E-state index is 14.9. The van der Waals surface area contributed by atoms with Crippen molar-refractivity contribution in [1.29, 1.82) is 0 Å². The lowest BCUT2D eigenvalue weighted by molar-refractivity contribution is -0.192. The van der Waals surface area contributed by atoms with Crippen LogP contribution in [-0.2, 0) is 9.59 Å². The van der Waals surface area contributed by atoms with Crippen molar-refractivity contribution in [2.24, 2.45) is 5.92 Å². The molecule has 1 N–H and O–H groups in total. The summed E-state index contributed by atoms with van der Waals surface area (Å²) in [5, 5.41) is 11.6. The Hall–Kier alpha value is -3.58. The summed E-state index contributed by atoms with van der Waals surface area (Å²) in [4.78, 5) is 26.8. The Bertz CT molecular complexity index is 1540. The van der Waals surface area contributed by atoms with Gasteiger partial charge in [-0.1, -0.05) is 17.7 Å². The fourth-order valence-corrected chi connectivity index (χ4v) is 6.33. The predicted molar refractivity (Wildman–Crippen MR) is 155 cm³/mol. The monoisotopic (exact) mass is 658 g/mol. The second-order valence-electron chi connectivity index (χ2n) is 11.8. The molecule has 0 unspecified atom stereocenters. The van der Waals surface area contributed by atoms with Crippen molar-refractivity contribution in [2.45, 2.75) is 56.2 Å². The van der Waals surface area contributed by atoms with E-state index in [0.29, 0.717) is 37.2 Å². The van der Waals surface area contributed by atoms with Crippen LogP contribution in [0.5, 0.6) is 0 Å². The Morgan fingerprint density at radius 1 is 1.00 bits per heavy atom. The molecule has 45 heavy (non-hydrogen) atoms. The SMILES string of the molecule is CN(C)[C@@]1(C)C[C@@H](C(=O)N2CCC(c3ccnn3-c3ccc(F)c(Cl)c3)CC2)[C@H](c2ccc(F)cc2F)C1.O=C(O)C(F)(F)F. The van der Waals surface area contributed by atoms with Crippen molar-refractivity contribution in [3.63, 3.8) is 0 Å². The second kappa shape index (κ2) is 13.4. The van der Waals surface area contributed by atoms with Gasteiger partial charge in [0, 0.05) is 54.3 Å². The normalized spacial score (nSPS) is 22.3. The van der Waals surface area contributed by atoms with Gasteiger partial charge < -0.3 is 14.9 Å². The molecule has 1 aromatic heterocycles. The van der Waals surface area contributed by atoms with Crippen LogP contribution in [0.2, 0.25) is 5.02 Å². The van der Waals surface area contributed by atoms with Gasteiger partial charge in [0.05, 0.1) is 10.7 Å². The Kier molecular flexibility index (Phi) is 10.2. The van der Waals surface area contributed by atoms with Crippen LogP contribution in [-0.4, -0.2) is 75.5 Å². The highest BCUT2D eigenvalue weighted by Gasteiger charge is 2.49. The van der Waals surface area contributed by atoms with Crippen LogP contribution in [0.1, 0.15) is 55.7 Å². The standard InChI is InChI=1S/C29H32ClF3N4O.C2HF3O2/c1-29(35(2)3)16-22(21-6-4-19(31)14-26(21)33)23(17-29)28(38)36-12-9-18(10-13-36)27-8-11-34-37(27)20-5-7-25(32)24(30)15-20;3-2(4,5)1(6)7/h4-8,11,14-15,18,22-23H,9-10,12-13,16-17H2,1-3H3;(H,6,7)/t22-,23+,29+;/m0./s1. The molecule has 2 aliphatic rings. The highest BCUT2D eigenvalue weighted by molar-refractivity contribution is 6.30. The molecule has 0 spiro atoms. The number of carbonyl (C=O) groups is 2. The molecule has 3 aromatic rings. The number of piperidine rings is 1. The molecule has 3 atom stereocenters. The van der Waals surface area contributed by atoms with E-state index in [1.54, 1.807) is 23.0 Å². The molecule has 0 radical (unpaired) electrons. The highest BCUT2D eigenvalue weighted by Crippen LogP contribution is 2.49. The van der Waals surface area contributed by atoms with Crippen LogP contribution < -0.4 is 0 Å². The third-order valence-electron chi connectivity index (χ3n) is 8.85. The summed E-state index contributed by atoms with van der Waals surface area (Å²) in [6, 6.07) is 10.2. The fraction of sp³-hybridized carbons (Fsp3) is 0.452. The largest absolute Gasteiger partial charge is 0.490 e. The quantitative estimate of drug-likeness (QED) is 0.305. The van der Waals surface area contributed by atoms with Crippen molar-refractivity contribution in [3.8, 4) is 5.69 Å². The summed E-state index contributed by atoms with van der Waals surface area (Å²) in [6.45, 7) is 3.25. The summed E-state index contributed by atoms with van der Waals surface area (Å²) in [6.07, 6.45) is -0.640. The maximum Gasteiger partial charge on any atom is 0.490 e. The molecular formula is C31H33ClF6N4O3. The zero-order valence-electron chi connectivity index (χ0n) is 24.8. The molecule has 2 aromatic carbocycles. The number of likely N-dealkylation sites (tertiary alicyclic amines) is 1. The lowest BCUT2D eigenvalue weighted by atomic mass is 9.86. The average Bonchev–Trinajstić information content (AvgIpc) is 3.60. The fourth-order valence-electron chi connectivity index (χ4n) is 6.15. The molecule has 1 saturated carbocycles. The predicted octanol–water partition coefficient (Wildman–Crippen LogP) is 6.80. The van der Waals surface area contributed by atoms with Crippen LogP contribution in [0, 0.1) is 23.4 Å². The van der Waals surface area contributed by atoms with Gasteiger partial charge in [0.25, 0.3) is 0 Å². The van der Waals surface area contributed by atoms with Gasteiger partial charge in [-0.15, -0.1) is 0 Å². The van der Waals surface area contributed by atoms with Gasteiger partial charge in [-0.3, -0.25) is 4.79 Å². The van der Waals surface area contributed by atoms with Crippen LogP contribution in [0.25, 0.3) is 5.69 Å².